The fraction of sp³-hybridized carbons (Fsp3) is 0.250. The molecule has 3 aromatic heterocycles. The van der Waals surface area contributed by atoms with Gasteiger partial charge in [0.25, 0.3) is 0 Å². The van der Waals surface area contributed by atoms with Crippen molar-refractivity contribution in [2.75, 3.05) is 12.3 Å². The van der Waals surface area contributed by atoms with Crippen molar-refractivity contribution < 1.29 is 9.67 Å². The molecule has 0 aliphatic carbocycles. The van der Waals surface area contributed by atoms with Gasteiger partial charge in [-0.25, -0.2) is 0 Å². The Bertz CT molecular complexity index is 797. The van der Waals surface area contributed by atoms with Crippen LogP contribution < -0.4 is 0 Å². The van der Waals surface area contributed by atoms with E-state index in [2.05, 4.69) is 15.0 Å². The van der Waals surface area contributed by atoms with Gasteiger partial charge in [0.15, 0.2) is 0 Å². The van der Waals surface area contributed by atoms with Gasteiger partial charge in [-0.1, -0.05) is 18.2 Å². The van der Waals surface area contributed by atoms with Gasteiger partial charge in [0.2, 0.25) is 0 Å². The monoisotopic (exact) mass is 367 g/mol. The topological polar surface area (TPSA) is 76.0 Å². The van der Waals surface area contributed by atoms with Crippen molar-refractivity contribution in [1.29, 1.82) is 0 Å². The highest BCUT2D eigenvalue weighted by Gasteiger charge is 2.33. The Labute approximate surface area is 153 Å². The average molecular weight is 367 g/mol. The summed E-state index contributed by atoms with van der Waals surface area (Å²) >= 11 is 0. The van der Waals surface area contributed by atoms with Crippen molar-refractivity contribution in [1.82, 2.24) is 15.0 Å². The third-order valence-corrected chi connectivity index (χ3v) is 7.46. The predicted molar refractivity (Wildman–Crippen MR) is 102 cm³/mol. The zero-order valence-corrected chi connectivity index (χ0v) is 15.4. The average Bonchev–Trinajstić information content (AvgIpc) is 2.72. The molecule has 3 aromatic rings. The van der Waals surface area contributed by atoms with Gasteiger partial charge >= 0.3 is 0 Å². The quantitative estimate of drug-likeness (QED) is 0.614. The first-order valence-electron chi connectivity index (χ1n) is 8.64. The maximum absolute atomic E-state index is 13.7. The highest BCUT2D eigenvalue weighted by molar-refractivity contribution is 7.64. The molecule has 1 atom stereocenters. The number of aryl methyl sites for hydroxylation is 2. The van der Waals surface area contributed by atoms with Crippen LogP contribution in [0.1, 0.15) is 22.9 Å². The number of rotatable bonds is 8. The molecule has 1 unspecified atom stereocenters. The number of aromatic nitrogens is 3. The number of aliphatic hydroxyl groups excluding tert-OH is 1. The summed E-state index contributed by atoms with van der Waals surface area (Å²) in [6, 6.07) is 16.7. The van der Waals surface area contributed by atoms with E-state index in [0.717, 1.165) is 11.4 Å². The Hall–Kier alpha value is -2.36. The molecule has 26 heavy (non-hydrogen) atoms. The molecule has 0 saturated carbocycles. The number of hydrogen-bond donors (Lipinski definition) is 1. The normalized spacial score (nSPS) is 12.7. The Morgan fingerprint density at radius 2 is 1.27 bits per heavy atom. The van der Waals surface area contributed by atoms with Crippen LogP contribution in [0.5, 0.6) is 0 Å². The van der Waals surface area contributed by atoms with E-state index >= 15 is 0 Å². The van der Waals surface area contributed by atoms with Crippen LogP contribution in [-0.2, 0) is 17.4 Å². The predicted octanol–water partition coefficient (Wildman–Crippen LogP) is 3.71. The molecule has 0 radical (unpaired) electrons. The highest BCUT2D eigenvalue weighted by Crippen LogP contribution is 2.57. The highest BCUT2D eigenvalue weighted by atomic mass is 31.2. The fourth-order valence-electron chi connectivity index (χ4n) is 2.83. The van der Waals surface area contributed by atoms with Crippen molar-refractivity contribution in [3.8, 4) is 0 Å². The lowest BCUT2D eigenvalue weighted by atomic mass is 10.3. The van der Waals surface area contributed by atoms with Crippen LogP contribution in [0.3, 0.4) is 0 Å². The van der Waals surface area contributed by atoms with Gasteiger partial charge < -0.3 is 9.67 Å². The molecular weight excluding hydrogens is 345 g/mol. The third kappa shape index (κ3) is 4.84. The van der Waals surface area contributed by atoms with E-state index in [1.54, 1.807) is 36.8 Å². The molecule has 0 aliphatic heterocycles. The molecule has 0 fully saturated rings. The van der Waals surface area contributed by atoms with Crippen molar-refractivity contribution >= 4 is 7.14 Å². The van der Waals surface area contributed by atoms with E-state index in [1.807, 2.05) is 36.4 Å². The van der Waals surface area contributed by atoms with E-state index in [0.29, 0.717) is 30.9 Å². The molecule has 0 aliphatic rings. The number of hydrogen-bond acceptors (Lipinski definition) is 5. The van der Waals surface area contributed by atoms with E-state index in [-0.39, 0.29) is 0 Å². The maximum Gasteiger partial charge on any atom is 0.148 e. The summed E-state index contributed by atoms with van der Waals surface area (Å²) in [5.74, 6) is -1.07. The molecule has 0 spiro atoms. The zero-order chi connectivity index (χ0) is 18.2. The van der Waals surface area contributed by atoms with Gasteiger partial charge in [0.05, 0.1) is 5.69 Å². The second-order valence-electron chi connectivity index (χ2n) is 6.17. The lowest BCUT2D eigenvalue weighted by Gasteiger charge is -2.23. The number of pyridine rings is 3. The molecule has 0 bridgehead atoms. The van der Waals surface area contributed by atoms with Crippen LogP contribution in [0, 0.1) is 0 Å². The largest absolute Gasteiger partial charge is 0.379 e. The van der Waals surface area contributed by atoms with Crippen LogP contribution in [-0.4, -0.2) is 32.4 Å². The third-order valence-electron chi connectivity index (χ3n) is 4.34. The van der Waals surface area contributed by atoms with Crippen LogP contribution >= 0.6 is 7.14 Å². The molecular formula is C20H22N3O2P. The van der Waals surface area contributed by atoms with Gasteiger partial charge in [-0.2, -0.15) is 0 Å². The summed E-state index contributed by atoms with van der Waals surface area (Å²) in [7, 11) is -2.95. The van der Waals surface area contributed by atoms with Gasteiger partial charge in [0, 0.05) is 42.3 Å². The minimum atomic E-state index is -2.95. The SMILES string of the molecule is O=P(CCc1ccccn1)(CCc1ccccn1)C(O)c1ccccn1. The van der Waals surface area contributed by atoms with Crippen molar-refractivity contribution in [3.63, 3.8) is 0 Å². The first kappa shape index (κ1) is 18.4. The minimum absolute atomic E-state index is 0.384. The summed E-state index contributed by atoms with van der Waals surface area (Å²) in [4.78, 5) is 12.8. The van der Waals surface area contributed by atoms with Gasteiger partial charge in [-0.15, -0.1) is 0 Å². The van der Waals surface area contributed by atoms with Gasteiger partial charge in [-0.05, 0) is 49.2 Å². The second-order valence-corrected chi connectivity index (χ2v) is 9.46. The summed E-state index contributed by atoms with van der Waals surface area (Å²) in [5.41, 5.74) is 2.20. The molecule has 6 heteroatoms. The lowest BCUT2D eigenvalue weighted by Crippen LogP contribution is -2.11. The van der Waals surface area contributed by atoms with Crippen LogP contribution in [0.2, 0.25) is 0 Å². The fourth-order valence-corrected chi connectivity index (χ4v) is 5.39. The van der Waals surface area contributed by atoms with Crippen molar-refractivity contribution in [2.45, 2.75) is 18.7 Å². The van der Waals surface area contributed by atoms with E-state index in [9.17, 15) is 9.67 Å². The first-order valence-corrected chi connectivity index (χ1v) is 10.8. The second kappa shape index (κ2) is 8.84. The summed E-state index contributed by atoms with van der Waals surface area (Å²) in [6.07, 6.45) is 6.95. The van der Waals surface area contributed by atoms with Crippen molar-refractivity contribution in [3.05, 3.63) is 90.3 Å². The molecule has 3 heterocycles. The molecule has 1 N–H and O–H groups in total. The van der Waals surface area contributed by atoms with Crippen molar-refractivity contribution in [2.24, 2.45) is 0 Å². The number of nitrogens with zero attached hydrogens (tertiary/aromatic N) is 3. The summed E-state index contributed by atoms with van der Waals surface area (Å²) in [6.45, 7) is 0. The van der Waals surface area contributed by atoms with Gasteiger partial charge in [0.1, 0.15) is 13.0 Å². The molecule has 0 saturated heterocycles. The summed E-state index contributed by atoms with van der Waals surface area (Å²) < 4.78 is 13.7. The van der Waals surface area contributed by atoms with Crippen LogP contribution in [0.15, 0.2) is 73.2 Å². The van der Waals surface area contributed by atoms with Crippen LogP contribution in [0.4, 0.5) is 0 Å². The van der Waals surface area contributed by atoms with E-state index in [1.165, 1.54) is 0 Å². The smallest absolute Gasteiger partial charge is 0.148 e. The molecule has 3 rings (SSSR count). The zero-order valence-electron chi connectivity index (χ0n) is 14.5. The molecule has 0 aromatic carbocycles. The Kier molecular flexibility index (Phi) is 6.26. The first-order chi connectivity index (χ1) is 12.7. The lowest BCUT2D eigenvalue weighted by molar-refractivity contribution is 0.247. The molecule has 134 valence electrons. The van der Waals surface area contributed by atoms with E-state index in [4.69, 9.17) is 0 Å². The molecule has 0 amide bonds. The maximum atomic E-state index is 13.7. The Morgan fingerprint density at radius 1 is 0.769 bits per heavy atom. The summed E-state index contributed by atoms with van der Waals surface area (Å²) in [5, 5.41) is 10.8. The van der Waals surface area contributed by atoms with Gasteiger partial charge in [-0.3, -0.25) is 15.0 Å². The van der Waals surface area contributed by atoms with Crippen LogP contribution in [0.25, 0.3) is 0 Å². The Balaban J connectivity index is 1.78. The minimum Gasteiger partial charge on any atom is -0.379 e. The number of aliphatic hydroxyl groups is 1. The standard InChI is InChI=1S/C20H22N3O2P/c24-20(19-9-3-6-14-23-19)26(25,15-10-17-7-1-4-12-21-17)16-11-18-8-2-5-13-22-18/h1-9,12-14,20,24H,10-11,15-16H2. The molecule has 5 nitrogen and oxygen atoms in total. The van der Waals surface area contributed by atoms with E-state index < -0.39 is 13.0 Å². The Morgan fingerprint density at radius 3 is 1.69 bits per heavy atom.